The lowest BCUT2D eigenvalue weighted by atomic mass is 10.5. The molecule has 0 amide bonds. The van der Waals surface area contributed by atoms with Crippen molar-refractivity contribution in [3.05, 3.63) is 22.3 Å². The van der Waals surface area contributed by atoms with Gasteiger partial charge in [0.25, 0.3) is 0 Å². The summed E-state index contributed by atoms with van der Waals surface area (Å²) in [5.41, 5.74) is 5.50. The Bertz CT molecular complexity index is 390. The van der Waals surface area contributed by atoms with Gasteiger partial charge in [-0.05, 0) is 17.9 Å². The van der Waals surface area contributed by atoms with Gasteiger partial charge in [-0.3, -0.25) is 0 Å². The predicted octanol–water partition coefficient (Wildman–Crippen LogP) is 2.60. The highest BCUT2D eigenvalue weighted by molar-refractivity contribution is 8.08. The van der Waals surface area contributed by atoms with Crippen LogP contribution in [-0.2, 0) is 16.3 Å². The van der Waals surface area contributed by atoms with Crippen LogP contribution in [0.2, 0.25) is 10.0 Å². The van der Waals surface area contributed by atoms with Gasteiger partial charge in [-0.1, -0.05) is 23.2 Å². The molecule has 0 saturated heterocycles. The van der Waals surface area contributed by atoms with Gasteiger partial charge in [-0.2, -0.15) is 0 Å². The maximum Gasteiger partial charge on any atom is 0.311 e. The second-order valence-corrected chi connectivity index (χ2v) is 6.25. The molecule has 0 saturated carbocycles. The molecule has 1 atom stereocenters. The Hall–Kier alpha value is 0.100. The molecule has 1 aromatic rings. The summed E-state index contributed by atoms with van der Waals surface area (Å²) in [7, 11) is 1.37. The minimum absolute atomic E-state index is 0.128. The van der Waals surface area contributed by atoms with Gasteiger partial charge in [0.2, 0.25) is 5.88 Å². The predicted molar refractivity (Wildman–Crippen MR) is 60.4 cm³/mol. The van der Waals surface area contributed by atoms with Crippen LogP contribution in [0, 0.1) is 0 Å². The molecule has 1 aromatic heterocycles. The summed E-state index contributed by atoms with van der Waals surface area (Å²) in [6.45, 7) is -2.79. The summed E-state index contributed by atoms with van der Waals surface area (Å²) in [6, 6.07) is 1.48. The molecule has 4 nitrogen and oxygen atoms in total. The van der Waals surface area contributed by atoms with E-state index in [1.165, 1.54) is 19.4 Å². The molecule has 0 aromatic carbocycles. The van der Waals surface area contributed by atoms with E-state index in [0.717, 1.165) is 0 Å². The Morgan fingerprint density at radius 3 is 2.71 bits per heavy atom. The van der Waals surface area contributed by atoms with Crippen LogP contribution in [0.15, 0.2) is 12.3 Å². The van der Waals surface area contributed by atoms with Gasteiger partial charge in [0.05, 0.1) is 5.02 Å². The zero-order valence-electron chi connectivity index (χ0n) is 7.11. The van der Waals surface area contributed by atoms with Gasteiger partial charge >= 0.3 is 6.64 Å². The van der Waals surface area contributed by atoms with Crippen LogP contribution in [0.25, 0.3) is 0 Å². The third kappa shape index (κ3) is 3.35. The molecule has 0 radical (unpaired) electrons. The number of aromatic nitrogens is 1. The monoisotopic (exact) mass is 272 g/mol. The summed E-state index contributed by atoms with van der Waals surface area (Å²) in [5, 5.41) is 0.652. The fourth-order valence-corrected chi connectivity index (χ4v) is 1.77. The smallest absolute Gasteiger partial charge is 0.311 e. The summed E-state index contributed by atoms with van der Waals surface area (Å²) in [5.74, 6) is 0.128. The quantitative estimate of drug-likeness (QED) is 0.858. The first kappa shape index (κ1) is 12.2. The van der Waals surface area contributed by atoms with E-state index in [1.807, 2.05) is 0 Å². The number of pyridine rings is 1. The largest absolute Gasteiger partial charge is 0.413 e. The molecule has 8 heteroatoms. The first-order valence-electron chi connectivity index (χ1n) is 3.39. The maximum absolute atomic E-state index is 5.78. The fraction of sp³-hybridized carbons (Fsp3) is 0.167. The normalized spacial score (nSPS) is 14.9. The highest BCUT2D eigenvalue weighted by Gasteiger charge is 2.15. The number of nitrogens with two attached hydrogens (primary N) is 1. The van der Waals surface area contributed by atoms with Crippen molar-refractivity contribution in [1.82, 2.24) is 4.98 Å². The van der Waals surface area contributed by atoms with Gasteiger partial charge in [-0.15, -0.1) is 0 Å². The van der Waals surface area contributed by atoms with Crippen molar-refractivity contribution in [2.45, 2.75) is 0 Å². The highest BCUT2D eigenvalue weighted by Crippen LogP contribution is 2.41. The van der Waals surface area contributed by atoms with Crippen molar-refractivity contribution < 1.29 is 9.05 Å². The number of halogens is 2. The van der Waals surface area contributed by atoms with Crippen molar-refractivity contribution in [2.24, 2.45) is 5.50 Å². The minimum Gasteiger partial charge on any atom is -0.413 e. The Morgan fingerprint density at radius 1 is 1.57 bits per heavy atom. The Morgan fingerprint density at radius 2 is 2.21 bits per heavy atom. The Balaban J connectivity index is 2.93. The molecular weight excluding hydrogens is 266 g/mol. The van der Waals surface area contributed by atoms with Gasteiger partial charge in [0.15, 0.2) is 0 Å². The molecule has 0 aliphatic heterocycles. The lowest BCUT2D eigenvalue weighted by Crippen LogP contribution is -2.04. The molecule has 1 rings (SSSR count). The second-order valence-electron chi connectivity index (χ2n) is 2.25. The first-order chi connectivity index (χ1) is 6.44. The molecule has 0 aliphatic rings. The zero-order chi connectivity index (χ0) is 10.8. The lowest BCUT2D eigenvalue weighted by Gasteiger charge is -2.15. The number of nitrogens with zero attached hydrogens (tertiary/aromatic N) is 1. The zero-order valence-corrected chi connectivity index (χ0v) is 10.3. The molecule has 0 spiro atoms. The van der Waals surface area contributed by atoms with Crippen LogP contribution < -0.4 is 10.0 Å². The van der Waals surface area contributed by atoms with E-state index in [2.05, 4.69) is 4.98 Å². The summed E-state index contributed by atoms with van der Waals surface area (Å²) < 4.78 is 9.89. The second kappa shape index (κ2) is 4.75. The van der Waals surface area contributed by atoms with Crippen molar-refractivity contribution in [2.75, 3.05) is 7.11 Å². The third-order valence-corrected chi connectivity index (χ3v) is 3.33. The van der Waals surface area contributed by atoms with Gasteiger partial charge in [-0.25, -0.2) is 10.5 Å². The molecular formula is C6H7Cl2N2O2PS. The highest BCUT2D eigenvalue weighted by atomic mass is 35.5. The van der Waals surface area contributed by atoms with Crippen LogP contribution in [0.3, 0.4) is 0 Å². The van der Waals surface area contributed by atoms with Crippen LogP contribution in [0.5, 0.6) is 5.88 Å². The van der Waals surface area contributed by atoms with Crippen LogP contribution in [0.4, 0.5) is 0 Å². The van der Waals surface area contributed by atoms with E-state index < -0.39 is 6.64 Å². The van der Waals surface area contributed by atoms with Crippen molar-refractivity contribution in [3.63, 3.8) is 0 Å². The van der Waals surface area contributed by atoms with E-state index in [1.54, 1.807) is 0 Å². The van der Waals surface area contributed by atoms with Crippen LogP contribution in [-0.4, -0.2) is 12.1 Å². The summed E-state index contributed by atoms with van der Waals surface area (Å²) in [4.78, 5) is 3.83. The Labute approximate surface area is 96.5 Å². The fourth-order valence-electron chi connectivity index (χ4n) is 0.627. The van der Waals surface area contributed by atoms with E-state index >= 15 is 0 Å². The SMILES string of the molecule is COP(N)(=S)Oc1ncc(Cl)cc1Cl. The molecule has 0 bridgehead atoms. The third-order valence-electron chi connectivity index (χ3n) is 1.24. The summed E-state index contributed by atoms with van der Waals surface area (Å²) >= 11 is 16.3. The van der Waals surface area contributed by atoms with E-state index in [-0.39, 0.29) is 10.9 Å². The van der Waals surface area contributed by atoms with Gasteiger partial charge in [0.1, 0.15) is 5.02 Å². The van der Waals surface area contributed by atoms with Crippen molar-refractivity contribution >= 4 is 41.7 Å². The molecule has 0 fully saturated rings. The summed E-state index contributed by atoms with van der Waals surface area (Å²) in [6.07, 6.45) is 1.38. The molecule has 2 N–H and O–H groups in total. The lowest BCUT2D eigenvalue weighted by molar-refractivity contribution is 0.388. The number of hydrogen-bond acceptors (Lipinski definition) is 4. The van der Waals surface area contributed by atoms with E-state index in [0.29, 0.717) is 5.02 Å². The average molecular weight is 273 g/mol. The first-order valence-corrected chi connectivity index (χ1v) is 6.86. The molecule has 78 valence electrons. The molecule has 1 unspecified atom stereocenters. The maximum atomic E-state index is 5.78. The van der Waals surface area contributed by atoms with E-state index in [4.69, 9.17) is 49.6 Å². The standard InChI is InChI=1S/C6H7Cl2N2O2PS/c1-11-13(9,14)12-6-5(8)2-4(7)3-10-6/h2-3H,1H3,(H2,9,14). The van der Waals surface area contributed by atoms with Crippen LogP contribution >= 0.6 is 29.8 Å². The van der Waals surface area contributed by atoms with Crippen LogP contribution in [0.1, 0.15) is 0 Å². The topological polar surface area (TPSA) is 57.4 Å². The van der Waals surface area contributed by atoms with Crippen molar-refractivity contribution in [1.29, 1.82) is 0 Å². The van der Waals surface area contributed by atoms with E-state index in [9.17, 15) is 0 Å². The Kier molecular flexibility index (Phi) is 4.13. The van der Waals surface area contributed by atoms with Crippen molar-refractivity contribution in [3.8, 4) is 5.88 Å². The minimum atomic E-state index is -2.79. The molecule has 14 heavy (non-hydrogen) atoms. The van der Waals surface area contributed by atoms with Gasteiger partial charge in [0, 0.05) is 13.3 Å². The molecule has 0 aliphatic carbocycles. The number of hydrogen-bond donors (Lipinski definition) is 1. The number of rotatable bonds is 3. The average Bonchev–Trinajstić information content (AvgIpc) is 2.10. The van der Waals surface area contributed by atoms with Gasteiger partial charge < -0.3 is 9.05 Å². The molecule has 1 heterocycles.